The number of halogens is 2. The Bertz CT molecular complexity index is 786. The minimum atomic E-state index is -0.370. The molecule has 2 atom stereocenters. The molecular formula is C22H27ClFN3O2. The summed E-state index contributed by atoms with van der Waals surface area (Å²) in [4.78, 5) is 25.0. The zero-order chi connectivity index (χ0) is 19.8. The van der Waals surface area contributed by atoms with Gasteiger partial charge in [-0.2, -0.15) is 0 Å². The number of nitrogens with one attached hydrogen (secondary N) is 3. The first-order chi connectivity index (χ1) is 13.6. The van der Waals surface area contributed by atoms with Gasteiger partial charge >= 0.3 is 0 Å². The first kappa shape index (κ1) is 22.8. The van der Waals surface area contributed by atoms with Crippen molar-refractivity contribution in [1.82, 2.24) is 16.0 Å². The van der Waals surface area contributed by atoms with Crippen LogP contribution in [-0.2, 0) is 22.4 Å². The van der Waals surface area contributed by atoms with Crippen molar-refractivity contribution in [2.24, 2.45) is 11.8 Å². The maximum atomic E-state index is 12.9. The number of benzene rings is 2. The quantitative estimate of drug-likeness (QED) is 0.613. The van der Waals surface area contributed by atoms with Crippen molar-refractivity contribution in [3.05, 3.63) is 71.5 Å². The van der Waals surface area contributed by atoms with Crippen molar-refractivity contribution >= 4 is 24.2 Å². The van der Waals surface area contributed by atoms with E-state index in [1.165, 1.54) is 17.7 Å². The number of hydrogen-bond acceptors (Lipinski definition) is 3. The molecule has 3 N–H and O–H groups in total. The SMILES string of the molecule is Cl.O=C(NCCc1ccccc1)[C@H]1CNC[C@@H]1C(=O)NCCc1ccc(F)cc1. The Morgan fingerprint density at radius 1 is 0.828 bits per heavy atom. The lowest BCUT2D eigenvalue weighted by atomic mass is 9.94. The highest BCUT2D eigenvalue weighted by atomic mass is 35.5. The van der Waals surface area contributed by atoms with Crippen molar-refractivity contribution in [1.29, 1.82) is 0 Å². The fraction of sp³-hybridized carbons (Fsp3) is 0.364. The highest BCUT2D eigenvalue weighted by molar-refractivity contribution is 5.88. The van der Waals surface area contributed by atoms with Gasteiger partial charge in [-0.25, -0.2) is 4.39 Å². The van der Waals surface area contributed by atoms with Crippen LogP contribution in [-0.4, -0.2) is 38.0 Å². The molecule has 0 aromatic heterocycles. The van der Waals surface area contributed by atoms with Gasteiger partial charge in [-0.05, 0) is 36.1 Å². The first-order valence-electron chi connectivity index (χ1n) is 9.68. The highest BCUT2D eigenvalue weighted by Crippen LogP contribution is 2.17. The Labute approximate surface area is 176 Å². The summed E-state index contributed by atoms with van der Waals surface area (Å²) in [5.74, 6) is -1.20. The Morgan fingerprint density at radius 3 is 1.83 bits per heavy atom. The topological polar surface area (TPSA) is 70.2 Å². The van der Waals surface area contributed by atoms with Crippen molar-refractivity contribution in [3.8, 4) is 0 Å². The van der Waals surface area contributed by atoms with Crippen molar-refractivity contribution in [3.63, 3.8) is 0 Å². The van der Waals surface area contributed by atoms with E-state index in [2.05, 4.69) is 16.0 Å². The molecule has 0 aliphatic carbocycles. The predicted octanol–water partition coefficient (Wildman–Crippen LogP) is 2.10. The minimum absolute atomic E-state index is 0. The molecule has 2 aromatic rings. The summed E-state index contributed by atoms with van der Waals surface area (Å²) < 4.78 is 12.9. The average Bonchev–Trinajstić information content (AvgIpc) is 3.20. The molecule has 1 heterocycles. The molecule has 7 heteroatoms. The molecule has 156 valence electrons. The second-order valence-electron chi connectivity index (χ2n) is 7.07. The monoisotopic (exact) mass is 419 g/mol. The lowest BCUT2D eigenvalue weighted by Gasteiger charge is -2.18. The fourth-order valence-corrected chi connectivity index (χ4v) is 3.45. The van der Waals surface area contributed by atoms with Gasteiger partial charge in [0.2, 0.25) is 11.8 Å². The predicted molar refractivity (Wildman–Crippen MR) is 113 cm³/mol. The molecule has 5 nitrogen and oxygen atoms in total. The first-order valence-corrected chi connectivity index (χ1v) is 9.68. The van der Waals surface area contributed by atoms with Gasteiger partial charge < -0.3 is 16.0 Å². The molecule has 1 aliphatic rings. The van der Waals surface area contributed by atoms with Crippen LogP contribution in [0, 0.1) is 17.7 Å². The van der Waals surface area contributed by atoms with Crippen LogP contribution in [0.25, 0.3) is 0 Å². The standard InChI is InChI=1S/C22H26FN3O2.ClH/c23-18-8-6-17(7-9-18)11-13-26-22(28)20-15-24-14-19(20)21(27)25-12-10-16-4-2-1-3-5-16;/h1-9,19-20,24H,10-15H2,(H,25,27)(H,26,28);1H/t19-,20-;/m0./s1. The number of rotatable bonds is 8. The van der Waals surface area contributed by atoms with Gasteiger partial charge in [-0.1, -0.05) is 42.5 Å². The van der Waals surface area contributed by atoms with Gasteiger partial charge in [-0.3, -0.25) is 9.59 Å². The van der Waals surface area contributed by atoms with Crippen molar-refractivity contribution in [2.75, 3.05) is 26.2 Å². The van der Waals surface area contributed by atoms with E-state index < -0.39 is 0 Å². The van der Waals surface area contributed by atoms with E-state index in [-0.39, 0.29) is 41.9 Å². The van der Waals surface area contributed by atoms with Crippen molar-refractivity contribution < 1.29 is 14.0 Å². The second kappa shape index (κ2) is 11.5. The number of carbonyl (C=O) groups excluding carboxylic acids is 2. The molecule has 29 heavy (non-hydrogen) atoms. The van der Waals surface area contributed by atoms with Gasteiger partial charge in [0.1, 0.15) is 5.82 Å². The van der Waals surface area contributed by atoms with E-state index in [4.69, 9.17) is 0 Å². The van der Waals surface area contributed by atoms with Gasteiger partial charge in [0, 0.05) is 26.2 Å². The molecule has 0 saturated carbocycles. The zero-order valence-corrected chi connectivity index (χ0v) is 17.0. The summed E-state index contributed by atoms with van der Waals surface area (Å²) in [6.45, 7) is 2.02. The summed E-state index contributed by atoms with van der Waals surface area (Å²) in [7, 11) is 0. The van der Waals surface area contributed by atoms with Crippen molar-refractivity contribution in [2.45, 2.75) is 12.8 Å². The Morgan fingerprint density at radius 2 is 1.31 bits per heavy atom. The second-order valence-corrected chi connectivity index (χ2v) is 7.07. The lowest BCUT2D eigenvalue weighted by Crippen LogP contribution is -2.42. The Balaban J connectivity index is 0.00000300. The van der Waals surface area contributed by atoms with Crippen LogP contribution >= 0.6 is 12.4 Å². The van der Waals surface area contributed by atoms with E-state index in [0.29, 0.717) is 32.6 Å². The Kier molecular flexibility index (Phi) is 9.09. The zero-order valence-electron chi connectivity index (χ0n) is 16.2. The highest BCUT2D eigenvalue weighted by Gasteiger charge is 2.37. The molecule has 0 unspecified atom stereocenters. The van der Waals surface area contributed by atoms with Crippen LogP contribution in [0.3, 0.4) is 0 Å². The van der Waals surface area contributed by atoms with Crippen LogP contribution in [0.1, 0.15) is 11.1 Å². The molecule has 0 spiro atoms. The molecule has 1 saturated heterocycles. The summed E-state index contributed by atoms with van der Waals surface area (Å²) in [5.41, 5.74) is 2.13. The minimum Gasteiger partial charge on any atom is -0.355 e. The largest absolute Gasteiger partial charge is 0.355 e. The van der Waals surface area contributed by atoms with Gasteiger partial charge in [0.25, 0.3) is 0 Å². The van der Waals surface area contributed by atoms with Gasteiger partial charge in [0.15, 0.2) is 0 Å². The number of amides is 2. The molecule has 2 aromatic carbocycles. The Hall–Kier alpha value is -2.44. The molecule has 0 radical (unpaired) electrons. The molecule has 1 fully saturated rings. The summed E-state index contributed by atoms with van der Waals surface area (Å²) in [5, 5.41) is 9.00. The van der Waals surface area contributed by atoms with Crippen LogP contribution in [0.5, 0.6) is 0 Å². The average molecular weight is 420 g/mol. The third kappa shape index (κ3) is 6.84. The molecular weight excluding hydrogens is 393 g/mol. The van der Waals surface area contributed by atoms with E-state index in [9.17, 15) is 14.0 Å². The molecule has 1 aliphatic heterocycles. The maximum absolute atomic E-state index is 12.9. The van der Waals surface area contributed by atoms with E-state index in [0.717, 1.165) is 12.0 Å². The molecule has 3 rings (SSSR count). The van der Waals surface area contributed by atoms with E-state index >= 15 is 0 Å². The van der Waals surface area contributed by atoms with Crippen LogP contribution in [0.2, 0.25) is 0 Å². The summed E-state index contributed by atoms with van der Waals surface area (Å²) in [6, 6.07) is 16.2. The summed E-state index contributed by atoms with van der Waals surface area (Å²) in [6.07, 6.45) is 1.39. The normalized spacial score (nSPS) is 18.0. The maximum Gasteiger partial charge on any atom is 0.225 e. The van der Waals surface area contributed by atoms with Gasteiger partial charge in [0.05, 0.1) is 11.8 Å². The van der Waals surface area contributed by atoms with Crippen LogP contribution in [0.15, 0.2) is 54.6 Å². The molecule has 2 amide bonds. The molecule has 0 bridgehead atoms. The third-order valence-corrected chi connectivity index (χ3v) is 5.07. The fourth-order valence-electron chi connectivity index (χ4n) is 3.45. The number of hydrogen-bond donors (Lipinski definition) is 3. The van der Waals surface area contributed by atoms with E-state index in [1.807, 2.05) is 30.3 Å². The third-order valence-electron chi connectivity index (χ3n) is 5.07. The van der Waals surface area contributed by atoms with E-state index in [1.54, 1.807) is 12.1 Å². The van der Waals surface area contributed by atoms with Gasteiger partial charge in [-0.15, -0.1) is 12.4 Å². The number of carbonyl (C=O) groups is 2. The summed E-state index contributed by atoms with van der Waals surface area (Å²) >= 11 is 0. The smallest absolute Gasteiger partial charge is 0.225 e. The van der Waals surface area contributed by atoms with Crippen LogP contribution in [0.4, 0.5) is 4.39 Å². The lowest BCUT2D eigenvalue weighted by molar-refractivity contribution is -0.132. The van der Waals surface area contributed by atoms with Crippen LogP contribution < -0.4 is 16.0 Å².